The van der Waals surface area contributed by atoms with Crippen molar-refractivity contribution < 1.29 is 33.3 Å². The Morgan fingerprint density at radius 3 is 1.47 bits per heavy atom. The lowest BCUT2D eigenvalue weighted by Crippen LogP contribution is -2.25. The van der Waals surface area contributed by atoms with E-state index in [9.17, 15) is 14.4 Å². The van der Waals surface area contributed by atoms with E-state index in [1.807, 2.05) is 0 Å². The van der Waals surface area contributed by atoms with Gasteiger partial charge in [0.05, 0.1) is 12.7 Å². The number of ether oxygens (including phenoxy) is 4. The Hall–Kier alpha value is -1.63. The molecule has 0 bridgehead atoms. The smallest absolute Gasteiger partial charge is 0.306 e. The van der Waals surface area contributed by atoms with E-state index in [2.05, 4.69) is 20.8 Å². The Kier molecular flexibility index (Phi) is 29.2. The van der Waals surface area contributed by atoms with Crippen molar-refractivity contribution in [3.63, 3.8) is 0 Å². The van der Waals surface area contributed by atoms with Gasteiger partial charge >= 0.3 is 17.9 Å². The summed E-state index contributed by atoms with van der Waals surface area (Å²) in [6.45, 7) is 7.78. The molecule has 0 spiro atoms. The second-order valence-corrected chi connectivity index (χ2v) is 13.9. The van der Waals surface area contributed by atoms with Gasteiger partial charge in [-0.05, 0) is 70.6 Å². The molecule has 1 saturated heterocycles. The van der Waals surface area contributed by atoms with Crippen LogP contribution < -0.4 is 0 Å². The van der Waals surface area contributed by atoms with Crippen LogP contribution in [-0.2, 0) is 33.3 Å². The molecule has 0 amide bonds. The molecule has 0 saturated carbocycles. The number of carbonyl (C=O) groups excluding carboxylic acids is 3. The van der Waals surface area contributed by atoms with Gasteiger partial charge in [-0.25, -0.2) is 0 Å². The zero-order valence-electron chi connectivity index (χ0n) is 31.0. The van der Waals surface area contributed by atoms with Crippen LogP contribution in [0.1, 0.15) is 207 Å². The maximum Gasteiger partial charge on any atom is 0.306 e. The minimum atomic E-state index is -0.276. The van der Waals surface area contributed by atoms with E-state index >= 15 is 0 Å². The Balaban J connectivity index is 2.61. The van der Waals surface area contributed by atoms with Gasteiger partial charge in [-0.15, -0.1) is 0 Å². The number of carbonyl (C=O) groups is 3. The first-order valence-corrected chi connectivity index (χ1v) is 20.1. The van der Waals surface area contributed by atoms with Crippen LogP contribution in [0.5, 0.6) is 0 Å². The lowest BCUT2D eigenvalue weighted by atomic mass is 10.0. The van der Waals surface area contributed by atoms with Crippen molar-refractivity contribution in [1.82, 2.24) is 0 Å². The van der Waals surface area contributed by atoms with Crippen LogP contribution in [0.25, 0.3) is 0 Å². The van der Waals surface area contributed by atoms with Gasteiger partial charge < -0.3 is 18.9 Å². The molecule has 0 aliphatic carbocycles. The fourth-order valence-corrected chi connectivity index (χ4v) is 6.35. The third kappa shape index (κ3) is 26.9. The van der Waals surface area contributed by atoms with Gasteiger partial charge in [0, 0.05) is 25.9 Å². The standard InChI is InChI=1S/C40H74O7/c1-4-7-10-13-16-19-26-38(41)45-34-23-25-36(46-39(42)27-20-17-14-11-8-5-2)31-32-37(30-29-35-24-22-33-44-35)47-40(43)28-21-18-15-12-9-6-3/h35-37H,4-34H2,1-3H3/t35-,36+,37-/m0/s1. The fourth-order valence-electron chi connectivity index (χ4n) is 6.35. The number of hydrogen-bond acceptors (Lipinski definition) is 7. The first-order chi connectivity index (χ1) is 23.0. The van der Waals surface area contributed by atoms with Crippen LogP contribution in [0.2, 0.25) is 0 Å². The lowest BCUT2D eigenvalue weighted by Gasteiger charge is -2.23. The van der Waals surface area contributed by atoms with Gasteiger partial charge in [-0.3, -0.25) is 14.4 Å². The molecule has 0 aromatic carbocycles. The monoisotopic (exact) mass is 667 g/mol. The summed E-state index contributed by atoms with van der Waals surface area (Å²) >= 11 is 0. The number of esters is 3. The highest BCUT2D eigenvalue weighted by Gasteiger charge is 2.23. The molecule has 7 heteroatoms. The van der Waals surface area contributed by atoms with Crippen molar-refractivity contribution in [2.75, 3.05) is 13.2 Å². The van der Waals surface area contributed by atoms with E-state index < -0.39 is 0 Å². The Labute approximate surface area is 289 Å². The molecule has 1 rings (SSSR count). The minimum absolute atomic E-state index is 0.119. The van der Waals surface area contributed by atoms with E-state index in [1.54, 1.807) is 0 Å². The second-order valence-electron chi connectivity index (χ2n) is 13.9. The van der Waals surface area contributed by atoms with Gasteiger partial charge in [-0.1, -0.05) is 117 Å². The second kappa shape index (κ2) is 31.6. The summed E-state index contributed by atoms with van der Waals surface area (Å²) in [6, 6.07) is 0. The van der Waals surface area contributed by atoms with E-state index in [-0.39, 0.29) is 36.2 Å². The molecule has 7 nitrogen and oxygen atoms in total. The molecule has 1 heterocycles. The molecular formula is C40H74O7. The summed E-state index contributed by atoms with van der Waals surface area (Å²) in [5.74, 6) is -0.406. The number of rotatable bonds is 33. The van der Waals surface area contributed by atoms with Crippen molar-refractivity contribution >= 4 is 17.9 Å². The molecule has 0 aromatic heterocycles. The molecule has 0 aromatic rings. The zero-order valence-corrected chi connectivity index (χ0v) is 31.0. The van der Waals surface area contributed by atoms with Crippen molar-refractivity contribution in [2.45, 2.75) is 225 Å². The Morgan fingerprint density at radius 1 is 0.553 bits per heavy atom. The maximum absolute atomic E-state index is 12.8. The molecule has 0 N–H and O–H groups in total. The topological polar surface area (TPSA) is 88.1 Å². The van der Waals surface area contributed by atoms with E-state index in [0.717, 1.165) is 77.2 Å². The molecule has 1 aliphatic heterocycles. The molecule has 0 unspecified atom stereocenters. The van der Waals surface area contributed by atoms with Gasteiger partial charge in [0.25, 0.3) is 0 Å². The normalized spacial score (nSPS) is 15.8. The number of unbranched alkanes of at least 4 members (excludes halogenated alkanes) is 15. The van der Waals surface area contributed by atoms with E-state index in [0.29, 0.717) is 51.6 Å². The molecule has 1 aliphatic rings. The van der Waals surface area contributed by atoms with Crippen LogP contribution in [-0.4, -0.2) is 49.4 Å². The Bertz CT molecular complexity index is 749. The first kappa shape index (κ1) is 43.4. The molecule has 0 radical (unpaired) electrons. The summed E-state index contributed by atoms with van der Waals surface area (Å²) in [6.07, 6.45) is 27.9. The van der Waals surface area contributed by atoms with Crippen LogP contribution in [0.15, 0.2) is 0 Å². The average molecular weight is 667 g/mol. The van der Waals surface area contributed by atoms with Crippen molar-refractivity contribution in [1.29, 1.82) is 0 Å². The van der Waals surface area contributed by atoms with Crippen molar-refractivity contribution in [3.8, 4) is 0 Å². The molecule has 47 heavy (non-hydrogen) atoms. The van der Waals surface area contributed by atoms with E-state index in [1.165, 1.54) is 70.6 Å². The summed E-state index contributed by atoms with van der Waals surface area (Å²) in [5.41, 5.74) is 0. The molecule has 276 valence electrons. The van der Waals surface area contributed by atoms with Crippen LogP contribution >= 0.6 is 0 Å². The first-order valence-electron chi connectivity index (χ1n) is 20.1. The zero-order chi connectivity index (χ0) is 34.2. The van der Waals surface area contributed by atoms with Crippen LogP contribution in [0.4, 0.5) is 0 Å². The van der Waals surface area contributed by atoms with Crippen LogP contribution in [0.3, 0.4) is 0 Å². The maximum atomic E-state index is 12.8. The third-order valence-corrected chi connectivity index (χ3v) is 9.38. The Morgan fingerprint density at radius 2 is 1.00 bits per heavy atom. The van der Waals surface area contributed by atoms with Crippen molar-refractivity contribution in [3.05, 3.63) is 0 Å². The van der Waals surface area contributed by atoms with E-state index in [4.69, 9.17) is 18.9 Å². The number of hydrogen-bond donors (Lipinski definition) is 0. The summed E-state index contributed by atoms with van der Waals surface area (Å²) in [7, 11) is 0. The van der Waals surface area contributed by atoms with Gasteiger partial charge in [-0.2, -0.15) is 0 Å². The highest BCUT2D eigenvalue weighted by molar-refractivity contribution is 5.70. The molecule has 1 fully saturated rings. The predicted octanol–water partition coefficient (Wildman–Crippen LogP) is 11.1. The molecular weight excluding hydrogens is 592 g/mol. The largest absolute Gasteiger partial charge is 0.466 e. The van der Waals surface area contributed by atoms with Gasteiger partial charge in [0.2, 0.25) is 0 Å². The SMILES string of the molecule is CCCCCCCCC(=O)OCCC[C@H](CC[C@H](CC[C@@H]1CCCO1)OC(=O)CCCCCCCC)OC(=O)CCCCCCCC. The fraction of sp³-hybridized carbons (Fsp3) is 0.925. The summed E-state index contributed by atoms with van der Waals surface area (Å²) in [4.78, 5) is 37.9. The lowest BCUT2D eigenvalue weighted by molar-refractivity contribution is -0.154. The predicted molar refractivity (Wildman–Crippen MR) is 191 cm³/mol. The van der Waals surface area contributed by atoms with Crippen LogP contribution in [0, 0.1) is 0 Å². The van der Waals surface area contributed by atoms with Crippen molar-refractivity contribution in [2.24, 2.45) is 0 Å². The average Bonchev–Trinajstić information content (AvgIpc) is 3.59. The highest BCUT2D eigenvalue weighted by atomic mass is 16.6. The van der Waals surface area contributed by atoms with Gasteiger partial charge in [0.15, 0.2) is 0 Å². The van der Waals surface area contributed by atoms with Gasteiger partial charge in [0.1, 0.15) is 12.2 Å². The quantitative estimate of drug-likeness (QED) is 0.0391. The summed E-state index contributed by atoms with van der Waals surface area (Å²) < 4.78 is 23.4. The highest BCUT2D eigenvalue weighted by Crippen LogP contribution is 2.23. The third-order valence-electron chi connectivity index (χ3n) is 9.38. The summed E-state index contributed by atoms with van der Waals surface area (Å²) in [5, 5.41) is 0. The molecule has 3 atom stereocenters. The minimum Gasteiger partial charge on any atom is -0.466 e.